The van der Waals surface area contributed by atoms with Gasteiger partial charge >= 0.3 is 5.63 Å². The van der Waals surface area contributed by atoms with E-state index in [2.05, 4.69) is 20.9 Å². The highest BCUT2D eigenvalue weighted by Crippen LogP contribution is 2.24. The van der Waals surface area contributed by atoms with E-state index < -0.39 is 11.7 Å². The zero-order valence-electron chi connectivity index (χ0n) is 18.4. The Morgan fingerprint density at radius 2 is 2.09 bits per heavy atom. The van der Waals surface area contributed by atoms with Gasteiger partial charge in [-0.05, 0) is 50.9 Å². The zero-order valence-corrected chi connectivity index (χ0v) is 18.4. The summed E-state index contributed by atoms with van der Waals surface area (Å²) in [7, 11) is 0. The van der Waals surface area contributed by atoms with Crippen LogP contribution in [-0.4, -0.2) is 66.6 Å². The van der Waals surface area contributed by atoms with E-state index in [0.717, 1.165) is 19.4 Å². The number of aromatic nitrogens is 1. The number of hydrogen-bond acceptors (Lipinski definition) is 8. The summed E-state index contributed by atoms with van der Waals surface area (Å²) in [5.74, 6) is -0.207. The maximum atomic E-state index is 12.7. The minimum atomic E-state index is -0.606. The number of hydrogen-bond donors (Lipinski definition) is 3. The van der Waals surface area contributed by atoms with Crippen molar-refractivity contribution >= 4 is 34.4 Å². The molecule has 1 aromatic carbocycles. The number of fused-ring (bicyclic) bond motifs is 1. The van der Waals surface area contributed by atoms with Crippen LogP contribution in [0.1, 0.15) is 31.7 Å². The molecule has 2 aromatic rings. The monoisotopic (exact) mass is 443 g/mol. The molecule has 10 nitrogen and oxygen atoms in total. The molecule has 2 fully saturated rings. The van der Waals surface area contributed by atoms with Gasteiger partial charge in [0.1, 0.15) is 6.04 Å². The molecule has 1 aromatic heterocycles. The van der Waals surface area contributed by atoms with Crippen LogP contribution in [0.5, 0.6) is 0 Å². The lowest BCUT2D eigenvalue weighted by atomic mass is 10.1. The van der Waals surface area contributed by atoms with Crippen molar-refractivity contribution in [3.63, 3.8) is 0 Å². The average molecular weight is 444 g/mol. The van der Waals surface area contributed by atoms with Gasteiger partial charge in [0.2, 0.25) is 11.8 Å². The Morgan fingerprint density at radius 1 is 1.31 bits per heavy atom. The molecule has 4 rings (SSSR count). The number of ether oxygens (including phenoxy) is 1. The molecular formula is C22H29N5O5. The fraction of sp³-hybridized carbons (Fsp3) is 0.545. The second kappa shape index (κ2) is 9.66. The van der Waals surface area contributed by atoms with Crippen molar-refractivity contribution in [3.05, 3.63) is 28.1 Å². The highest BCUT2D eigenvalue weighted by Gasteiger charge is 2.24. The van der Waals surface area contributed by atoms with Crippen molar-refractivity contribution in [1.29, 1.82) is 0 Å². The van der Waals surface area contributed by atoms with Crippen LogP contribution in [0, 0.1) is 6.92 Å². The van der Waals surface area contributed by atoms with E-state index in [1.54, 1.807) is 30.9 Å². The van der Waals surface area contributed by atoms with Crippen molar-refractivity contribution in [1.82, 2.24) is 15.2 Å². The van der Waals surface area contributed by atoms with E-state index >= 15 is 0 Å². The number of morpholine rings is 1. The van der Waals surface area contributed by atoms with E-state index in [0.29, 0.717) is 54.9 Å². The Bertz CT molecular complexity index is 1060. The third-order valence-corrected chi connectivity index (χ3v) is 5.96. The summed E-state index contributed by atoms with van der Waals surface area (Å²) in [4.78, 5) is 43.8. The van der Waals surface area contributed by atoms with Gasteiger partial charge in [-0.25, -0.2) is 4.79 Å². The number of rotatable bonds is 6. The molecule has 0 unspecified atom stereocenters. The lowest BCUT2D eigenvalue weighted by molar-refractivity contribution is -0.135. The fourth-order valence-corrected chi connectivity index (χ4v) is 4.18. The van der Waals surface area contributed by atoms with Gasteiger partial charge in [-0.1, -0.05) is 0 Å². The molecule has 0 aliphatic carbocycles. The standard InChI is InChI=1S/C22H29N5O5/c1-13-16(25-18(28)12-15-4-3-7-23-15)5-6-17-19(13)21(30)32-22(26-17)24-14(2)20(29)27-8-10-31-11-9-27/h5-6,14-15,23H,3-4,7-12H2,1-2H3,(H,24,26)(H,25,28)/t14-,15-/m0/s1. The van der Waals surface area contributed by atoms with Crippen LogP contribution in [0.2, 0.25) is 0 Å². The summed E-state index contributed by atoms with van der Waals surface area (Å²) in [6, 6.07) is 2.97. The second-order valence-corrected chi connectivity index (χ2v) is 8.29. The van der Waals surface area contributed by atoms with Crippen LogP contribution in [0.25, 0.3) is 10.9 Å². The third kappa shape index (κ3) is 4.91. The number of benzene rings is 1. The minimum absolute atomic E-state index is 0.0138. The molecule has 32 heavy (non-hydrogen) atoms. The highest BCUT2D eigenvalue weighted by molar-refractivity contribution is 5.96. The topological polar surface area (TPSA) is 126 Å². The van der Waals surface area contributed by atoms with Crippen LogP contribution < -0.4 is 21.6 Å². The van der Waals surface area contributed by atoms with Gasteiger partial charge in [0, 0.05) is 31.2 Å². The zero-order chi connectivity index (χ0) is 22.7. The molecule has 172 valence electrons. The molecule has 2 aliphatic rings. The summed E-state index contributed by atoms with van der Waals surface area (Å²) in [5.41, 5.74) is 1.02. The molecule has 2 saturated heterocycles. The Morgan fingerprint density at radius 3 is 2.81 bits per heavy atom. The van der Waals surface area contributed by atoms with E-state index in [4.69, 9.17) is 9.15 Å². The van der Waals surface area contributed by atoms with Gasteiger partial charge in [0.15, 0.2) is 0 Å². The molecule has 10 heteroatoms. The summed E-state index contributed by atoms with van der Waals surface area (Å²) >= 11 is 0. The van der Waals surface area contributed by atoms with E-state index in [1.165, 1.54) is 0 Å². The molecule has 0 bridgehead atoms. The van der Waals surface area contributed by atoms with Gasteiger partial charge in [0.25, 0.3) is 6.01 Å². The third-order valence-electron chi connectivity index (χ3n) is 5.96. The Balaban J connectivity index is 1.48. The molecule has 2 atom stereocenters. The SMILES string of the molecule is Cc1c(NC(=O)C[C@@H]2CCCN2)ccc2nc(N[C@@H](C)C(=O)N3CCOCC3)oc(=O)c12. The van der Waals surface area contributed by atoms with Crippen LogP contribution in [0.3, 0.4) is 0 Å². The second-order valence-electron chi connectivity index (χ2n) is 8.29. The molecule has 0 saturated carbocycles. The van der Waals surface area contributed by atoms with Crippen LogP contribution in [-0.2, 0) is 14.3 Å². The van der Waals surface area contributed by atoms with Crippen molar-refractivity contribution in [2.45, 2.75) is 45.2 Å². The van der Waals surface area contributed by atoms with Crippen molar-refractivity contribution < 1.29 is 18.7 Å². The van der Waals surface area contributed by atoms with Crippen molar-refractivity contribution in [2.75, 3.05) is 43.5 Å². The molecule has 0 radical (unpaired) electrons. The van der Waals surface area contributed by atoms with Crippen LogP contribution in [0.15, 0.2) is 21.3 Å². The molecular weight excluding hydrogens is 414 g/mol. The van der Waals surface area contributed by atoms with Crippen molar-refractivity contribution in [2.24, 2.45) is 0 Å². The van der Waals surface area contributed by atoms with Gasteiger partial charge in [-0.15, -0.1) is 0 Å². The van der Waals surface area contributed by atoms with E-state index in [1.807, 2.05) is 0 Å². The lowest BCUT2D eigenvalue weighted by Crippen LogP contribution is -2.47. The predicted octanol–water partition coefficient (Wildman–Crippen LogP) is 1.24. The Hall–Kier alpha value is -2.98. The summed E-state index contributed by atoms with van der Waals surface area (Å²) in [6.07, 6.45) is 2.45. The first kappa shape index (κ1) is 22.2. The maximum Gasteiger partial charge on any atom is 0.348 e. The number of anilines is 2. The Labute approximate surface area is 185 Å². The number of nitrogens with zero attached hydrogens (tertiary/aromatic N) is 2. The smallest absolute Gasteiger partial charge is 0.348 e. The largest absolute Gasteiger partial charge is 0.389 e. The minimum Gasteiger partial charge on any atom is -0.389 e. The van der Waals surface area contributed by atoms with Gasteiger partial charge < -0.3 is 30.0 Å². The first-order chi connectivity index (χ1) is 15.4. The van der Waals surface area contributed by atoms with Crippen LogP contribution >= 0.6 is 0 Å². The molecule has 3 N–H and O–H groups in total. The number of amides is 2. The molecule has 3 heterocycles. The summed E-state index contributed by atoms with van der Waals surface area (Å²) < 4.78 is 10.6. The first-order valence-corrected chi connectivity index (χ1v) is 11.0. The molecule has 0 spiro atoms. The van der Waals surface area contributed by atoms with E-state index in [-0.39, 0.29) is 23.9 Å². The van der Waals surface area contributed by atoms with E-state index in [9.17, 15) is 14.4 Å². The first-order valence-electron chi connectivity index (χ1n) is 11.0. The van der Waals surface area contributed by atoms with Crippen LogP contribution in [0.4, 0.5) is 11.7 Å². The fourth-order valence-electron chi connectivity index (χ4n) is 4.18. The normalized spacial score (nSPS) is 19.7. The lowest BCUT2D eigenvalue weighted by Gasteiger charge is -2.29. The van der Waals surface area contributed by atoms with Gasteiger partial charge in [-0.2, -0.15) is 4.98 Å². The Kier molecular flexibility index (Phi) is 6.71. The number of nitrogens with one attached hydrogen (secondary N) is 3. The number of carbonyl (C=O) groups excluding carboxylic acids is 2. The average Bonchev–Trinajstić information content (AvgIpc) is 3.28. The van der Waals surface area contributed by atoms with Gasteiger partial charge in [-0.3, -0.25) is 9.59 Å². The van der Waals surface area contributed by atoms with Gasteiger partial charge in [0.05, 0.1) is 24.1 Å². The number of aryl methyl sites for hydroxylation is 1. The summed E-state index contributed by atoms with van der Waals surface area (Å²) in [6.45, 7) is 6.48. The highest BCUT2D eigenvalue weighted by atomic mass is 16.5. The number of carbonyl (C=O) groups is 2. The molecule has 2 amide bonds. The predicted molar refractivity (Wildman–Crippen MR) is 120 cm³/mol. The quantitative estimate of drug-likeness (QED) is 0.609. The summed E-state index contributed by atoms with van der Waals surface area (Å²) in [5, 5.41) is 9.39. The maximum absolute atomic E-state index is 12.7. The molecule has 2 aliphatic heterocycles. The van der Waals surface area contributed by atoms with Crippen molar-refractivity contribution in [3.8, 4) is 0 Å².